The first-order valence-electron chi connectivity index (χ1n) is 13.0. The molecule has 0 unspecified atom stereocenters. The molecule has 6 heteroatoms. The molecule has 186 valence electrons. The third-order valence-electron chi connectivity index (χ3n) is 9.42. The second-order valence-corrected chi connectivity index (χ2v) is 10.9. The smallest absolute Gasteiger partial charge is 0.337 e. The molecule has 2 aliphatic heterocycles. The number of ether oxygens (including phenoxy) is 2. The number of esters is 1. The van der Waals surface area contributed by atoms with E-state index in [1.165, 1.54) is 18.2 Å². The van der Waals surface area contributed by atoms with Gasteiger partial charge in [-0.2, -0.15) is 0 Å². The topological polar surface area (TPSA) is 57.2 Å². The Labute approximate surface area is 207 Å². The highest BCUT2D eigenvalue weighted by Gasteiger charge is 2.68. The zero-order valence-electron chi connectivity index (χ0n) is 20.8. The number of methoxy groups -OCH3 is 1. The van der Waals surface area contributed by atoms with Gasteiger partial charge < -0.3 is 9.47 Å². The van der Waals surface area contributed by atoms with Crippen LogP contribution in [0.15, 0.2) is 60.7 Å². The third-order valence-corrected chi connectivity index (χ3v) is 9.42. The van der Waals surface area contributed by atoms with Gasteiger partial charge in [0.2, 0.25) is 0 Å². The number of hydroxylamine groups is 2. The molecule has 2 aromatic carbocycles. The van der Waals surface area contributed by atoms with Crippen molar-refractivity contribution in [3.05, 3.63) is 71.8 Å². The van der Waals surface area contributed by atoms with E-state index >= 15 is 0 Å². The van der Waals surface area contributed by atoms with Crippen LogP contribution in [0.3, 0.4) is 0 Å². The summed E-state index contributed by atoms with van der Waals surface area (Å²) in [5.41, 5.74) is 1.98. The maximum Gasteiger partial charge on any atom is 0.337 e. The number of rotatable bonds is 5. The SMILES string of the molecule is COC(=O)[C@@H]1ON2O[C@H](O[C@@H]3CCCC3(c3ccccc3)c3ccccc3)[C@H](C)[C@H]3CC[C@@H]1[C@]32C. The molecule has 7 atom stereocenters. The Hall–Kier alpha value is -2.25. The Kier molecular flexibility index (Phi) is 5.76. The van der Waals surface area contributed by atoms with Gasteiger partial charge in [-0.3, -0.25) is 4.84 Å². The maximum absolute atomic E-state index is 12.5. The molecule has 35 heavy (non-hydrogen) atoms. The van der Waals surface area contributed by atoms with Crippen LogP contribution in [0, 0.1) is 17.8 Å². The molecule has 0 bridgehead atoms. The van der Waals surface area contributed by atoms with Crippen LogP contribution < -0.4 is 0 Å². The summed E-state index contributed by atoms with van der Waals surface area (Å²) in [7, 11) is 1.42. The largest absolute Gasteiger partial charge is 0.467 e. The summed E-state index contributed by atoms with van der Waals surface area (Å²) in [5, 5.41) is 1.60. The number of nitrogens with zero attached hydrogens (tertiary/aromatic N) is 1. The lowest BCUT2D eigenvalue weighted by atomic mass is 9.71. The fraction of sp³-hybridized carbons (Fsp3) is 0.552. The first-order valence-corrected chi connectivity index (χ1v) is 13.0. The standard InChI is InChI=1S/C29H35NO5/c1-19-22-16-17-23-25(26(31)32-3)34-30(28(22,23)2)35-27(19)33-24-15-10-18-29(24,20-11-6-4-7-12-20)21-13-8-5-9-14-21/h4-9,11-14,19,22-25,27H,10,15-18H2,1-3H3/t19-,22-,23+,24-,25-,27+,28+/m1/s1. The molecular weight excluding hydrogens is 442 g/mol. The van der Waals surface area contributed by atoms with Crippen LogP contribution in [0.5, 0.6) is 0 Å². The van der Waals surface area contributed by atoms with Crippen molar-refractivity contribution < 1.29 is 23.9 Å². The molecule has 4 aliphatic rings. The summed E-state index contributed by atoms with van der Waals surface area (Å²) >= 11 is 0. The van der Waals surface area contributed by atoms with Gasteiger partial charge in [0, 0.05) is 17.3 Å². The minimum Gasteiger partial charge on any atom is -0.467 e. The Balaban J connectivity index is 1.32. The van der Waals surface area contributed by atoms with Gasteiger partial charge in [0.05, 0.1) is 18.8 Å². The van der Waals surface area contributed by atoms with Crippen molar-refractivity contribution in [3.63, 3.8) is 0 Å². The van der Waals surface area contributed by atoms with Crippen LogP contribution >= 0.6 is 0 Å². The van der Waals surface area contributed by atoms with Gasteiger partial charge in [0.25, 0.3) is 0 Å². The van der Waals surface area contributed by atoms with Gasteiger partial charge in [0.1, 0.15) is 0 Å². The van der Waals surface area contributed by atoms with Gasteiger partial charge in [-0.1, -0.05) is 72.8 Å². The van der Waals surface area contributed by atoms with Crippen molar-refractivity contribution in [3.8, 4) is 0 Å². The molecule has 0 aromatic heterocycles. The Bertz CT molecular complexity index is 1020. The van der Waals surface area contributed by atoms with Crippen LogP contribution in [0.2, 0.25) is 0 Å². The minimum atomic E-state index is -0.625. The van der Waals surface area contributed by atoms with Crippen LogP contribution in [0.4, 0.5) is 0 Å². The van der Waals surface area contributed by atoms with Gasteiger partial charge in [-0.05, 0) is 56.1 Å². The summed E-state index contributed by atoms with van der Waals surface area (Å²) in [6.45, 7) is 4.40. The summed E-state index contributed by atoms with van der Waals surface area (Å²) in [4.78, 5) is 25.0. The molecule has 2 aliphatic carbocycles. The van der Waals surface area contributed by atoms with E-state index in [2.05, 4.69) is 74.5 Å². The van der Waals surface area contributed by atoms with E-state index in [9.17, 15) is 4.79 Å². The predicted octanol–water partition coefficient (Wildman–Crippen LogP) is 5.02. The highest BCUT2D eigenvalue weighted by Crippen LogP contribution is 2.59. The van der Waals surface area contributed by atoms with Crippen molar-refractivity contribution in [1.29, 1.82) is 0 Å². The number of carbonyl (C=O) groups excluding carboxylic acids is 1. The number of benzene rings is 2. The van der Waals surface area contributed by atoms with E-state index < -0.39 is 12.4 Å². The average Bonchev–Trinajstić information content (AvgIpc) is 3.56. The maximum atomic E-state index is 12.5. The molecule has 2 saturated heterocycles. The Morgan fingerprint density at radius 1 is 0.943 bits per heavy atom. The van der Waals surface area contributed by atoms with E-state index in [0.717, 1.165) is 32.1 Å². The average molecular weight is 478 g/mol. The zero-order valence-corrected chi connectivity index (χ0v) is 20.8. The minimum absolute atomic E-state index is 0.0275. The van der Waals surface area contributed by atoms with Crippen molar-refractivity contribution in [2.75, 3.05) is 7.11 Å². The summed E-state index contributed by atoms with van der Waals surface area (Å²) in [6.07, 6.45) is 3.92. The molecule has 0 amide bonds. The summed E-state index contributed by atoms with van der Waals surface area (Å²) < 4.78 is 12.0. The number of hydrogen-bond acceptors (Lipinski definition) is 6. The molecule has 0 radical (unpaired) electrons. The van der Waals surface area contributed by atoms with Crippen LogP contribution in [-0.2, 0) is 29.4 Å². The summed E-state index contributed by atoms with van der Waals surface area (Å²) in [5.74, 6) is 0.210. The molecule has 0 N–H and O–H groups in total. The number of carbonyl (C=O) groups is 1. The first kappa shape index (κ1) is 23.2. The van der Waals surface area contributed by atoms with Gasteiger partial charge >= 0.3 is 5.97 Å². The first-order chi connectivity index (χ1) is 17.0. The quantitative estimate of drug-likeness (QED) is 0.564. The highest BCUT2D eigenvalue weighted by atomic mass is 17.0. The van der Waals surface area contributed by atoms with Crippen molar-refractivity contribution >= 4 is 5.97 Å². The monoisotopic (exact) mass is 477 g/mol. The molecule has 6 rings (SSSR count). The van der Waals surface area contributed by atoms with Crippen LogP contribution in [-0.4, -0.2) is 42.3 Å². The molecule has 6 nitrogen and oxygen atoms in total. The predicted molar refractivity (Wildman–Crippen MR) is 130 cm³/mol. The number of hydrogen-bond donors (Lipinski definition) is 0. The molecule has 0 spiro atoms. The normalized spacial score (nSPS) is 37.8. The third kappa shape index (κ3) is 3.34. The van der Waals surface area contributed by atoms with E-state index in [1.54, 1.807) is 5.23 Å². The lowest BCUT2D eigenvalue weighted by molar-refractivity contribution is -0.473. The second-order valence-electron chi connectivity index (χ2n) is 10.9. The lowest BCUT2D eigenvalue weighted by Gasteiger charge is -2.49. The van der Waals surface area contributed by atoms with Crippen LogP contribution in [0.25, 0.3) is 0 Å². The van der Waals surface area contributed by atoms with Gasteiger partial charge in [0.15, 0.2) is 12.4 Å². The molecule has 2 saturated carbocycles. The highest BCUT2D eigenvalue weighted by molar-refractivity contribution is 5.75. The second kappa shape index (κ2) is 8.70. The summed E-state index contributed by atoms with van der Waals surface area (Å²) in [6, 6.07) is 21.5. The fourth-order valence-electron chi connectivity index (χ4n) is 7.64. The molecule has 2 heterocycles. The Morgan fingerprint density at radius 3 is 2.20 bits per heavy atom. The zero-order chi connectivity index (χ0) is 24.2. The van der Waals surface area contributed by atoms with Crippen molar-refractivity contribution in [2.45, 2.75) is 75.4 Å². The lowest BCUT2D eigenvalue weighted by Crippen LogP contribution is -2.59. The molecule has 2 aromatic rings. The van der Waals surface area contributed by atoms with E-state index in [4.69, 9.17) is 19.1 Å². The van der Waals surface area contributed by atoms with Crippen molar-refractivity contribution in [1.82, 2.24) is 5.23 Å². The van der Waals surface area contributed by atoms with E-state index in [0.29, 0.717) is 5.92 Å². The van der Waals surface area contributed by atoms with E-state index in [1.807, 2.05) is 0 Å². The molecular formula is C29H35NO5. The van der Waals surface area contributed by atoms with Crippen LogP contribution in [0.1, 0.15) is 57.1 Å². The van der Waals surface area contributed by atoms with Gasteiger partial charge in [-0.15, -0.1) is 0 Å². The molecule has 4 fully saturated rings. The Morgan fingerprint density at radius 2 is 1.57 bits per heavy atom. The fourth-order valence-corrected chi connectivity index (χ4v) is 7.64. The van der Waals surface area contributed by atoms with Crippen molar-refractivity contribution in [2.24, 2.45) is 17.8 Å². The van der Waals surface area contributed by atoms with E-state index in [-0.39, 0.29) is 34.9 Å². The van der Waals surface area contributed by atoms with Gasteiger partial charge in [-0.25, -0.2) is 9.63 Å².